The zero-order valence-electron chi connectivity index (χ0n) is 16.4. The molecule has 0 aliphatic carbocycles. The lowest BCUT2D eigenvalue weighted by Crippen LogP contribution is -2.32. The molecule has 5 nitrogen and oxygen atoms in total. The molecule has 0 fully saturated rings. The summed E-state index contributed by atoms with van der Waals surface area (Å²) < 4.78 is 25.6. The molecule has 0 saturated heterocycles. The summed E-state index contributed by atoms with van der Waals surface area (Å²) in [5, 5.41) is 2.91. The number of hydrogen-bond donors (Lipinski definition) is 1. The molecule has 6 heteroatoms. The van der Waals surface area contributed by atoms with Crippen LogP contribution >= 0.6 is 0 Å². The Morgan fingerprint density at radius 1 is 1.07 bits per heavy atom. The molecule has 0 atom stereocenters. The van der Waals surface area contributed by atoms with E-state index >= 15 is 0 Å². The van der Waals surface area contributed by atoms with Crippen LogP contribution in [0.15, 0.2) is 48.5 Å². The van der Waals surface area contributed by atoms with Gasteiger partial charge < -0.3 is 5.32 Å². The molecule has 2 aromatic rings. The van der Waals surface area contributed by atoms with Gasteiger partial charge in [-0.2, -0.15) is 4.31 Å². The van der Waals surface area contributed by atoms with Crippen LogP contribution in [0.2, 0.25) is 0 Å². The second-order valence-corrected chi connectivity index (χ2v) is 9.10. The topological polar surface area (TPSA) is 66.5 Å². The van der Waals surface area contributed by atoms with Crippen LogP contribution in [0.3, 0.4) is 0 Å². The maximum atomic E-state index is 12.4. The first kappa shape index (κ1) is 21.1. The first-order valence-corrected chi connectivity index (χ1v) is 10.9. The fraction of sp³-hybridized carbons (Fsp3) is 0.381. The number of rotatable bonds is 8. The predicted molar refractivity (Wildman–Crippen MR) is 110 cm³/mol. The van der Waals surface area contributed by atoms with Crippen LogP contribution in [0.25, 0.3) is 0 Å². The smallest absolute Gasteiger partial charge is 0.225 e. The Balaban J connectivity index is 2.02. The summed E-state index contributed by atoms with van der Waals surface area (Å²) in [6, 6.07) is 15.4. The van der Waals surface area contributed by atoms with Crippen molar-refractivity contribution in [3.8, 4) is 0 Å². The number of carbonyl (C=O) groups excluding carboxylic acids is 1. The van der Waals surface area contributed by atoms with Crippen LogP contribution in [-0.2, 0) is 21.4 Å². The molecule has 0 saturated carbocycles. The molecule has 2 aromatic carbocycles. The summed E-state index contributed by atoms with van der Waals surface area (Å²) in [6.45, 7) is 6.52. The number of nitrogens with one attached hydrogen (secondary N) is 1. The average molecular weight is 389 g/mol. The Morgan fingerprint density at radius 2 is 1.70 bits per heavy atom. The standard InChI is InChI=1S/C21H28N2O3S/c1-16(2)19-7-5-6-8-20(19)22-21(24)13-14-23(27(4,25)26)15-18-11-9-17(3)10-12-18/h5-12,16H,13-15H2,1-4H3,(H,22,24). The lowest BCUT2D eigenvalue weighted by atomic mass is 10.0. The highest BCUT2D eigenvalue weighted by molar-refractivity contribution is 7.88. The van der Waals surface area contributed by atoms with Crippen molar-refractivity contribution in [2.24, 2.45) is 0 Å². The van der Waals surface area contributed by atoms with E-state index in [-0.39, 0.29) is 31.3 Å². The molecular weight excluding hydrogens is 360 g/mol. The first-order chi connectivity index (χ1) is 12.7. The van der Waals surface area contributed by atoms with Crippen LogP contribution in [0, 0.1) is 6.92 Å². The van der Waals surface area contributed by atoms with E-state index in [4.69, 9.17) is 0 Å². The van der Waals surface area contributed by atoms with E-state index < -0.39 is 10.0 Å². The number of nitrogens with zero attached hydrogens (tertiary/aromatic N) is 1. The van der Waals surface area contributed by atoms with Crippen molar-refractivity contribution in [3.63, 3.8) is 0 Å². The third kappa shape index (κ3) is 6.48. The minimum atomic E-state index is -3.41. The van der Waals surface area contributed by atoms with Crippen molar-refractivity contribution in [1.82, 2.24) is 4.31 Å². The molecule has 0 aliphatic heterocycles. The van der Waals surface area contributed by atoms with E-state index in [0.29, 0.717) is 0 Å². The molecule has 27 heavy (non-hydrogen) atoms. The molecule has 0 unspecified atom stereocenters. The van der Waals surface area contributed by atoms with Gasteiger partial charge in [-0.15, -0.1) is 0 Å². The molecule has 1 amide bonds. The fourth-order valence-corrected chi connectivity index (χ4v) is 3.62. The Hall–Kier alpha value is -2.18. The Kier molecular flexibility index (Phi) is 7.16. The molecule has 0 spiro atoms. The van der Waals surface area contributed by atoms with Gasteiger partial charge in [-0.25, -0.2) is 8.42 Å². The molecule has 0 aromatic heterocycles. The van der Waals surface area contributed by atoms with E-state index in [0.717, 1.165) is 22.4 Å². The third-order valence-electron chi connectivity index (χ3n) is 4.39. The first-order valence-electron chi connectivity index (χ1n) is 9.06. The van der Waals surface area contributed by atoms with Gasteiger partial charge in [-0.1, -0.05) is 61.9 Å². The number of para-hydroxylation sites is 1. The number of amides is 1. The van der Waals surface area contributed by atoms with Crippen LogP contribution in [-0.4, -0.2) is 31.4 Å². The van der Waals surface area contributed by atoms with Crippen LogP contribution < -0.4 is 5.32 Å². The van der Waals surface area contributed by atoms with Gasteiger partial charge in [0.1, 0.15) is 0 Å². The second kappa shape index (κ2) is 9.15. The highest BCUT2D eigenvalue weighted by atomic mass is 32.2. The summed E-state index contributed by atoms with van der Waals surface area (Å²) in [5.41, 5.74) is 3.86. The van der Waals surface area contributed by atoms with Crippen molar-refractivity contribution in [1.29, 1.82) is 0 Å². The summed E-state index contributed by atoms with van der Waals surface area (Å²) in [7, 11) is -3.41. The van der Waals surface area contributed by atoms with Gasteiger partial charge in [-0.3, -0.25) is 4.79 Å². The maximum Gasteiger partial charge on any atom is 0.225 e. The van der Waals surface area contributed by atoms with E-state index in [1.165, 1.54) is 10.6 Å². The van der Waals surface area contributed by atoms with Crippen LogP contribution in [0.5, 0.6) is 0 Å². The summed E-state index contributed by atoms with van der Waals surface area (Å²) >= 11 is 0. The van der Waals surface area contributed by atoms with Crippen LogP contribution in [0.4, 0.5) is 5.69 Å². The molecule has 0 heterocycles. The fourth-order valence-electron chi connectivity index (χ4n) is 2.81. The quantitative estimate of drug-likeness (QED) is 0.746. The molecule has 2 rings (SSSR count). The summed E-state index contributed by atoms with van der Waals surface area (Å²) in [5.74, 6) is 0.0937. The average Bonchev–Trinajstić information content (AvgIpc) is 2.59. The SMILES string of the molecule is Cc1ccc(CN(CCC(=O)Nc2ccccc2C(C)C)S(C)(=O)=O)cc1. The van der Waals surface area contributed by atoms with Gasteiger partial charge >= 0.3 is 0 Å². The van der Waals surface area contributed by atoms with E-state index in [1.807, 2.05) is 55.5 Å². The number of aryl methyl sites for hydroxylation is 1. The summed E-state index contributed by atoms with van der Waals surface area (Å²) in [6.07, 6.45) is 1.28. The Labute approximate surface area is 162 Å². The number of hydrogen-bond acceptors (Lipinski definition) is 3. The molecule has 0 radical (unpaired) electrons. The van der Waals surface area contributed by atoms with Gasteiger partial charge in [0.05, 0.1) is 6.26 Å². The van der Waals surface area contributed by atoms with Gasteiger partial charge in [0.25, 0.3) is 0 Å². The molecule has 0 aliphatic rings. The zero-order valence-corrected chi connectivity index (χ0v) is 17.2. The lowest BCUT2D eigenvalue weighted by molar-refractivity contribution is -0.116. The predicted octanol–water partition coefficient (Wildman–Crippen LogP) is 3.91. The van der Waals surface area contributed by atoms with Crippen molar-refractivity contribution in [2.75, 3.05) is 18.1 Å². The monoisotopic (exact) mass is 388 g/mol. The second-order valence-electron chi connectivity index (χ2n) is 7.12. The molecular formula is C21H28N2O3S. The zero-order chi connectivity index (χ0) is 20.0. The molecule has 146 valence electrons. The number of carbonyl (C=O) groups is 1. The minimum Gasteiger partial charge on any atom is -0.326 e. The van der Waals surface area contributed by atoms with E-state index in [1.54, 1.807) is 0 Å². The van der Waals surface area contributed by atoms with Gasteiger partial charge in [0.15, 0.2) is 0 Å². The maximum absolute atomic E-state index is 12.4. The number of sulfonamides is 1. The highest BCUT2D eigenvalue weighted by Crippen LogP contribution is 2.23. The van der Waals surface area contributed by atoms with Crippen LogP contribution in [0.1, 0.15) is 42.9 Å². The van der Waals surface area contributed by atoms with Crippen molar-refractivity contribution in [3.05, 3.63) is 65.2 Å². The molecule has 0 bridgehead atoms. The largest absolute Gasteiger partial charge is 0.326 e. The normalized spacial score (nSPS) is 11.8. The Morgan fingerprint density at radius 3 is 2.30 bits per heavy atom. The Bertz CT molecular complexity index is 875. The number of benzene rings is 2. The van der Waals surface area contributed by atoms with Crippen molar-refractivity contribution in [2.45, 2.75) is 39.7 Å². The van der Waals surface area contributed by atoms with Gasteiger partial charge in [-0.05, 0) is 30.0 Å². The van der Waals surface area contributed by atoms with Gasteiger partial charge in [0, 0.05) is 25.2 Å². The minimum absolute atomic E-state index is 0.103. The van der Waals surface area contributed by atoms with Gasteiger partial charge in [0.2, 0.25) is 15.9 Å². The van der Waals surface area contributed by atoms with E-state index in [2.05, 4.69) is 19.2 Å². The summed E-state index contributed by atoms with van der Waals surface area (Å²) in [4.78, 5) is 12.4. The highest BCUT2D eigenvalue weighted by Gasteiger charge is 2.19. The molecule has 1 N–H and O–H groups in total. The third-order valence-corrected chi connectivity index (χ3v) is 5.64. The lowest BCUT2D eigenvalue weighted by Gasteiger charge is -2.20. The van der Waals surface area contributed by atoms with Crippen molar-refractivity contribution >= 4 is 21.6 Å². The van der Waals surface area contributed by atoms with E-state index in [9.17, 15) is 13.2 Å². The number of anilines is 1. The van der Waals surface area contributed by atoms with Crippen molar-refractivity contribution < 1.29 is 13.2 Å².